The van der Waals surface area contributed by atoms with Crippen LogP contribution >= 0.6 is 0 Å². The van der Waals surface area contributed by atoms with E-state index in [1.807, 2.05) is 0 Å². The van der Waals surface area contributed by atoms with Gasteiger partial charge in [-0.05, 0) is 25.8 Å². The first-order valence-electron chi connectivity index (χ1n) is 10.6. The number of rotatable bonds is 5. The monoisotopic (exact) mass is 540 g/mol. The summed E-state index contributed by atoms with van der Waals surface area (Å²) in [5, 5.41) is 3.06. The molecule has 0 radical (unpaired) electrons. The molecule has 3 rings (SSSR count). The molecule has 0 heterocycles. The van der Waals surface area contributed by atoms with E-state index in [-0.39, 0.29) is 64.0 Å². The number of halogens is 3. The van der Waals surface area contributed by atoms with E-state index in [9.17, 15) is 0 Å². The molecule has 0 spiro atoms. The fourth-order valence-electron chi connectivity index (χ4n) is 5.39. The van der Waals surface area contributed by atoms with Gasteiger partial charge in [0.15, 0.2) is 0 Å². The summed E-state index contributed by atoms with van der Waals surface area (Å²) in [5.74, 6) is 0.625. The molecule has 0 N–H and O–H groups in total. The van der Waals surface area contributed by atoms with Crippen molar-refractivity contribution in [1.82, 2.24) is 0 Å². The van der Waals surface area contributed by atoms with Gasteiger partial charge in [-0.25, -0.2) is 5.57 Å². The Morgan fingerprint density at radius 3 is 1.72 bits per heavy atom. The van der Waals surface area contributed by atoms with Gasteiger partial charge >= 0.3 is 21.7 Å². The second-order valence-electron chi connectivity index (χ2n) is 9.37. The minimum Gasteiger partial charge on any atom is -1.00 e. The average molecular weight is 542 g/mol. The maximum absolute atomic E-state index is 4.02. The van der Waals surface area contributed by atoms with Crippen LogP contribution in [0.1, 0.15) is 52.7 Å². The molecule has 0 saturated carbocycles. The Labute approximate surface area is 230 Å². The molecule has 2 aromatic carbocycles. The van der Waals surface area contributed by atoms with Crippen molar-refractivity contribution in [3.05, 3.63) is 82.5 Å². The molecule has 0 aliphatic heterocycles. The summed E-state index contributed by atoms with van der Waals surface area (Å²) in [7, 11) is -2.20. The Morgan fingerprint density at radius 1 is 0.812 bits per heavy atom. The van der Waals surface area contributed by atoms with E-state index in [2.05, 4.69) is 110 Å². The van der Waals surface area contributed by atoms with Crippen molar-refractivity contribution in [1.29, 1.82) is 0 Å². The van der Waals surface area contributed by atoms with E-state index in [0.29, 0.717) is 5.92 Å². The fraction of sp³-hybridized carbons (Fsp3) is 0.407. The van der Waals surface area contributed by atoms with Crippen molar-refractivity contribution in [2.24, 2.45) is 5.92 Å². The zero-order chi connectivity index (χ0) is 20.7. The minimum absolute atomic E-state index is 0. The zero-order valence-corrected chi connectivity index (χ0v) is 25.4. The van der Waals surface area contributed by atoms with E-state index < -0.39 is 8.07 Å². The van der Waals surface area contributed by atoms with Crippen molar-refractivity contribution in [3.8, 4) is 0 Å². The third kappa shape index (κ3) is 5.85. The Kier molecular flexibility index (Phi) is 13.7. The quantitative estimate of drug-likeness (QED) is 0.288. The molecule has 1 aliphatic rings. The number of benzene rings is 2. The summed E-state index contributed by atoms with van der Waals surface area (Å²) in [4.78, 5) is 0. The van der Waals surface area contributed by atoms with Gasteiger partial charge in [-0.2, -0.15) is 11.1 Å². The molecule has 0 fully saturated rings. The molecule has 2 aromatic rings. The first kappa shape index (κ1) is 33.9. The van der Waals surface area contributed by atoms with Gasteiger partial charge in [0.05, 0.1) is 0 Å². The number of hydrogen-bond donors (Lipinski definition) is 0. The van der Waals surface area contributed by atoms with Gasteiger partial charge in [0, 0.05) is 0 Å². The van der Waals surface area contributed by atoms with Crippen LogP contribution in [0.25, 0.3) is 0 Å². The van der Waals surface area contributed by atoms with E-state index in [1.165, 1.54) is 39.1 Å². The molecule has 5 heteroatoms. The van der Waals surface area contributed by atoms with Crippen molar-refractivity contribution in [3.63, 3.8) is 0 Å². The van der Waals surface area contributed by atoms with Crippen LogP contribution in [0.2, 0.25) is 11.1 Å². The summed E-state index contributed by atoms with van der Waals surface area (Å²) in [5.41, 5.74) is 7.02. The summed E-state index contributed by atoms with van der Waals surface area (Å²) < 4.78 is 0. The maximum Gasteiger partial charge on any atom is 4.00 e. The molecule has 172 valence electrons. The number of hydrogen-bond acceptors (Lipinski definition) is 0. The molecule has 1 aliphatic carbocycles. The number of aryl methyl sites for hydroxylation is 2. The van der Waals surface area contributed by atoms with E-state index in [1.54, 1.807) is 5.19 Å². The first-order valence-corrected chi connectivity index (χ1v) is 12.8. The first-order chi connectivity index (χ1) is 13.1. The topological polar surface area (TPSA) is 0 Å². The second-order valence-corrected chi connectivity index (χ2v) is 13.7. The Morgan fingerprint density at radius 2 is 1.31 bits per heavy atom. The number of allylic oxidation sites excluding steroid dienone is 4. The third-order valence-electron chi connectivity index (χ3n) is 6.86. The van der Waals surface area contributed by atoms with Crippen LogP contribution in [0.4, 0.5) is 0 Å². The van der Waals surface area contributed by atoms with E-state index >= 15 is 0 Å². The Hall–Kier alpha value is -0.279. The molecule has 0 amide bonds. The summed E-state index contributed by atoms with van der Waals surface area (Å²) in [6.45, 7) is 18.6. The average Bonchev–Trinajstić information content (AvgIpc) is 2.83. The summed E-state index contributed by atoms with van der Waals surface area (Å²) in [6.07, 6.45) is 4.02. The summed E-state index contributed by atoms with van der Waals surface area (Å²) >= 11 is 0. The van der Waals surface area contributed by atoms with E-state index in [4.69, 9.17) is 0 Å². The van der Waals surface area contributed by atoms with Gasteiger partial charge < -0.3 is 37.2 Å². The molecule has 32 heavy (non-hydrogen) atoms. The molecule has 0 nitrogen and oxygen atoms in total. The molecular weight excluding hydrogens is 507 g/mol. The minimum atomic E-state index is -2.20. The SMILES string of the molecule is CC1=[C-]C(C)([Si](CC(C)C)(c2ccccc2)c2cc(C)cc(C)c2)C(C)=C1C.[Cl-].[Cl-].[Cl-].[Ti+4]. The van der Waals surface area contributed by atoms with Gasteiger partial charge in [0.25, 0.3) is 0 Å². The van der Waals surface area contributed by atoms with Crippen LogP contribution in [0.5, 0.6) is 0 Å². The predicted molar refractivity (Wildman–Crippen MR) is 126 cm³/mol. The molecule has 2 unspecified atom stereocenters. The van der Waals surface area contributed by atoms with Crippen LogP contribution in [-0.4, -0.2) is 8.07 Å². The van der Waals surface area contributed by atoms with Gasteiger partial charge in [0.2, 0.25) is 0 Å². The Bertz CT molecular complexity index is 932. The summed E-state index contributed by atoms with van der Waals surface area (Å²) in [6, 6.07) is 19.8. The van der Waals surface area contributed by atoms with Crippen LogP contribution in [0, 0.1) is 25.8 Å². The molecule has 2 atom stereocenters. The third-order valence-corrected chi connectivity index (χ3v) is 13.1. The smallest absolute Gasteiger partial charge is 1.00 e. The van der Waals surface area contributed by atoms with Crippen molar-refractivity contribution >= 4 is 18.4 Å². The van der Waals surface area contributed by atoms with Crippen LogP contribution in [0.15, 0.2) is 65.3 Å². The van der Waals surface area contributed by atoms with Gasteiger partial charge in [-0.3, -0.25) is 6.08 Å². The standard InChI is InChI=1S/C27H35Si.3ClH.Ti/c1-19(2)18-28(25-12-10-9-11-13-25,26-15-20(3)14-21(4)16-26)27(8)17-22(5)23(6)24(27)7;;;;/h9-16,19H,18H2,1-8H3;3*1H;/q-1;;;;+4/p-3. The van der Waals surface area contributed by atoms with E-state index in [0.717, 1.165) is 0 Å². The van der Waals surface area contributed by atoms with Gasteiger partial charge in [-0.15, -0.1) is 6.92 Å². The maximum atomic E-state index is 4.02. The van der Waals surface area contributed by atoms with Gasteiger partial charge in [-0.1, -0.05) is 110 Å². The van der Waals surface area contributed by atoms with Crippen molar-refractivity contribution in [2.45, 2.75) is 66.5 Å². The second kappa shape index (κ2) is 13.0. The van der Waals surface area contributed by atoms with Crippen LogP contribution in [-0.2, 0) is 21.7 Å². The van der Waals surface area contributed by atoms with Crippen molar-refractivity contribution in [2.75, 3.05) is 0 Å². The largest absolute Gasteiger partial charge is 4.00 e. The van der Waals surface area contributed by atoms with Crippen molar-refractivity contribution < 1.29 is 58.9 Å². The molecule has 0 bridgehead atoms. The fourth-order valence-corrected chi connectivity index (χ4v) is 11.9. The molecular formula is C27H35Cl3SiTi. The predicted octanol–water partition coefficient (Wildman–Crippen LogP) is -2.61. The van der Waals surface area contributed by atoms with Crippen LogP contribution < -0.4 is 47.6 Å². The normalized spacial score (nSPS) is 19.1. The van der Waals surface area contributed by atoms with Crippen LogP contribution in [0.3, 0.4) is 0 Å². The molecule has 0 saturated heterocycles. The molecule has 0 aromatic heterocycles. The van der Waals surface area contributed by atoms with Gasteiger partial charge in [0.1, 0.15) is 8.07 Å². The zero-order valence-electron chi connectivity index (χ0n) is 20.5. The Balaban J connectivity index is 0.